The van der Waals surface area contributed by atoms with Gasteiger partial charge in [-0.1, -0.05) is 0 Å². The Labute approximate surface area is 99.2 Å². The molecule has 0 amide bonds. The van der Waals surface area contributed by atoms with Crippen molar-refractivity contribution in [1.82, 2.24) is 4.90 Å². The monoisotopic (exact) mass is 193 g/mol. The average Bonchev–Trinajstić information content (AvgIpc) is 2.53. The fourth-order valence-electron chi connectivity index (χ4n) is 2.37. The molecule has 0 aliphatic carbocycles. The second-order valence-electron chi connectivity index (χ2n) is 3.59. The van der Waals surface area contributed by atoms with Crippen molar-refractivity contribution in [2.45, 2.75) is 37.5 Å². The zero-order valence-corrected chi connectivity index (χ0v) is 9.77. The van der Waals surface area contributed by atoms with Gasteiger partial charge in [0.2, 0.25) is 0 Å². The van der Waals surface area contributed by atoms with Gasteiger partial charge in [-0.3, -0.25) is 4.90 Å². The van der Waals surface area contributed by atoms with Gasteiger partial charge in [-0.15, -0.1) is 0 Å². The molecule has 0 bridgehead atoms. The molecule has 1 N–H and O–H groups in total. The van der Waals surface area contributed by atoms with E-state index in [2.05, 4.69) is 0 Å². The number of carboxylic acid groups (broad SMARTS) is 1. The van der Waals surface area contributed by atoms with Gasteiger partial charge < -0.3 is 15.0 Å². The minimum absolute atomic E-state index is 0. The van der Waals surface area contributed by atoms with E-state index in [1.54, 1.807) is 0 Å². The third-order valence-corrected chi connectivity index (χ3v) is 2.92. The van der Waals surface area contributed by atoms with Crippen molar-refractivity contribution in [3.8, 4) is 0 Å². The Morgan fingerprint density at radius 2 is 2.23 bits per heavy atom. The SMILES string of the molecule is O=C([O-])C1CC(O)[C@@H]2CCCN12.[Na+]. The molecule has 2 rings (SSSR count). The van der Waals surface area contributed by atoms with E-state index < -0.39 is 18.1 Å². The Balaban J connectivity index is 0.000000845. The molecular formula is C8H12NNaO3. The van der Waals surface area contributed by atoms with Crippen LogP contribution in [0.15, 0.2) is 0 Å². The number of aliphatic hydroxyl groups is 1. The molecule has 0 aromatic carbocycles. The van der Waals surface area contributed by atoms with Crippen molar-refractivity contribution < 1.29 is 44.6 Å². The molecule has 68 valence electrons. The number of carbonyl (C=O) groups is 1. The number of hydrogen-bond donors (Lipinski definition) is 1. The summed E-state index contributed by atoms with van der Waals surface area (Å²) in [5.74, 6) is -1.04. The standard InChI is InChI=1S/C8H13NO3.Na/c10-7-4-6(8(11)12)9-3-1-2-5(7)9;/h5-7,10H,1-4H2,(H,11,12);/q;+1/p-1/t5-,6?,7?;/m0./s1. The number of carboxylic acids is 1. The second-order valence-corrected chi connectivity index (χ2v) is 3.59. The first-order valence-corrected chi connectivity index (χ1v) is 4.35. The Kier molecular flexibility index (Phi) is 3.77. The third kappa shape index (κ3) is 1.92. The summed E-state index contributed by atoms with van der Waals surface area (Å²) in [7, 11) is 0. The summed E-state index contributed by atoms with van der Waals surface area (Å²) in [6.07, 6.45) is 1.79. The maximum atomic E-state index is 10.6. The fraction of sp³-hybridized carbons (Fsp3) is 0.875. The number of hydrogen-bond acceptors (Lipinski definition) is 4. The van der Waals surface area contributed by atoms with E-state index in [0.29, 0.717) is 6.42 Å². The van der Waals surface area contributed by atoms with E-state index >= 15 is 0 Å². The fourth-order valence-corrected chi connectivity index (χ4v) is 2.37. The molecule has 0 radical (unpaired) electrons. The van der Waals surface area contributed by atoms with Gasteiger partial charge >= 0.3 is 29.6 Å². The van der Waals surface area contributed by atoms with Crippen LogP contribution < -0.4 is 34.7 Å². The summed E-state index contributed by atoms with van der Waals surface area (Å²) in [5, 5.41) is 20.1. The first-order valence-electron chi connectivity index (χ1n) is 4.35. The molecule has 2 aliphatic rings. The van der Waals surface area contributed by atoms with Crippen LogP contribution >= 0.6 is 0 Å². The Morgan fingerprint density at radius 3 is 2.85 bits per heavy atom. The van der Waals surface area contributed by atoms with Gasteiger partial charge in [-0.25, -0.2) is 0 Å². The van der Waals surface area contributed by atoms with Crippen LogP contribution in [0.2, 0.25) is 0 Å². The summed E-state index contributed by atoms with van der Waals surface area (Å²) >= 11 is 0. The average molecular weight is 193 g/mol. The maximum Gasteiger partial charge on any atom is 1.00 e. The van der Waals surface area contributed by atoms with Crippen LogP contribution in [0, 0.1) is 0 Å². The Hall–Kier alpha value is 0.390. The van der Waals surface area contributed by atoms with Crippen molar-refractivity contribution in [2.24, 2.45) is 0 Å². The van der Waals surface area contributed by atoms with Crippen molar-refractivity contribution >= 4 is 5.97 Å². The first kappa shape index (κ1) is 11.5. The van der Waals surface area contributed by atoms with Crippen LogP contribution in [0.4, 0.5) is 0 Å². The van der Waals surface area contributed by atoms with E-state index in [1.807, 2.05) is 4.90 Å². The molecule has 0 aromatic rings. The number of nitrogens with zero attached hydrogens (tertiary/aromatic N) is 1. The van der Waals surface area contributed by atoms with Gasteiger partial charge in [0.25, 0.3) is 0 Å². The van der Waals surface area contributed by atoms with Gasteiger partial charge in [-0.05, 0) is 25.8 Å². The van der Waals surface area contributed by atoms with E-state index in [9.17, 15) is 15.0 Å². The minimum atomic E-state index is -1.04. The largest absolute Gasteiger partial charge is 1.00 e. The van der Waals surface area contributed by atoms with Crippen LogP contribution in [-0.2, 0) is 4.79 Å². The molecule has 3 atom stereocenters. The number of aliphatic carboxylic acids is 1. The topological polar surface area (TPSA) is 63.6 Å². The molecule has 0 saturated carbocycles. The number of rotatable bonds is 1. The molecule has 0 aromatic heterocycles. The van der Waals surface area contributed by atoms with Gasteiger partial charge in [-0.2, -0.15) is 0 Å². The summed E-state index contributed by atoms with van der Waals surface area (Å²) in [6.45, 7) is 0.792. The van der Waals surface area contributed by atoms with Crippen molar-refractivity contribution in [2.75, 3.05) is 6.54 Å². The second kappa shape index (κ2) is 4.28. The zero-order chi connectivity index (χ0) is 8.72. The summed E-state index contributed by atoms with van der Waals surface area (Å²) in [6, 6.07) is -0.472. The normalized spacial score (nSPS) is 38.4. The van der Waals surface area contributed by atoms with Crippen LogP contribution in [0.5, 0.6) is 0 Å². The maximum absolute atomic E-state index is 10.6. The quantitative estimate of drug-likeness (QED) is 0.425. The molecule has 4 nitrogen and oxygen atoms in total. The van der Waals surface area contributed by atoms with Crippen LogP contribution in [0.25, 0.3) is 0 Å². The third-order valence-electron chi connectivity index (χ3n) is 2.92. The van der Waals surface area contributed by atoms with Gasteiger partial charge in [0.05, 0.1) is 18.1 Å². The number of carbonyl (C=O) groups excluding carboxylic acids is 1. The van der Waals surface area contributed by atoms with Gasteiger partial charge in [0.15, 0.2) is 0 Å². The van der Waals surface area contributed by atoms with Crippen molar-refractivity contribution in [3.05, 3.63) is 0 Å². The molecule has 2 unspecified atom stereocenters. The smallest absolute Gasteiger partial charge is 0.548 e. The molecule has 5 heteroatoms. The predicted molar refractivity (Wildman–Crippen MR) is 39.1 cm³/mol. The van der Waals surface area contributed by atoms with Crippen molar-refractivity contribution in [1.29, 1.82) is 0 Å². The molecule has 0 spiro atoms. The molecule has 2 saturated heterocycles. The summed E-state index contributed by atoms with van der Waals surface area (Å²) < 4.78 is 0. The molecule has 13 heavy (non-hydrogen) atoms. The van der Waals surface area contributed by atoms with Crippen molar-refractivity contribution in [3.63, 3.8) is 0 Å². The van der Waals surface area contributed by atoms with Gasteiger partial charge in [0.1, 0.15) is 0 Å². The summed E-state index contributed by atoms with van der Waals surface area (Å²) in [5.41, 5.74) is 0. The van der Waals surface area contributed by atoms with Crippen LogP contribution in [0.1, 0.15) is 19.3 Å². The van der Waals surface area contributed by atoms with Gasteiger partial charge in [0, 0.05) is 6.04 Å². The van der Waals surface area contributed by atoms with Crippen LogP contribution in [-0.4, -0.2) is 40.7 Å². The molecular weight excluding hydrogens is 181 g/mol. The molecule has 2 heterocycles. The van der Waals surface area contributed by atoms with E-state index in [0.717, 1.165) is 19.4 Å². The molecule has 2 fully saturated rings. The predicted octanol–water partition coefficient (Wildman–Crippen LogP) is -4.66. The zero-order valence-electron chi connectivity index (χ0n) is 7.77. The van der Waals surface area contributed by atoms with Crippen LogP contribution in [0.3, 0.4) is 0 Å². The number of aliphatic hydroxyl groups excluding tert-OH is 1. The number of fused-ring (bicyclic) bond motifs is 1. The Morgan fingerprint density at radius 1 is 1.54 bits per heavy atom. The summed E-state index contributed by atoms with van der Waals surface area (Å²) in [4.78, 5) is 12.5. The van der Waals surface area contributed by atoms with E-state index in [4.69, 9.17) is 0 Å². The van der Waals surface area contributed by atoms with E-state index in [-0.39, 0.29) is 35.6 Å². The Bertz CT molecular complexity index is 212. The minimum Gasteiger partial charge on any atom is -0.548 e. The first-order chi connectivity index (χ1) is 5.70. The molecule has 2 aliphatic heterocycles. The van der Waals surface area contributed by atoms with E-state index in [1.165, 1.54) is 0 Å².